The van der Waals surface area contributed by atoms with Crippen molar-refractivity contribution >= 4 is 46.3 Å². The summed E-state index contributed by atoms with van der Waals surface area (Å²) < 4.78 is 0. The molecule has 20 heavy (non-hydrogen) atoms. The number of nitrogens with one attached hydrogen (secondary N) is 2. The van der Waals surface area contributed by atoms with Crippen LogP contribution in [-0.2, 0) is 0 Å². The highest BCUT2D eigenvalue weighted by Crippen LogP contribution is 2.19. The molecule has 100 valence electrons. The number of hydrogen-bond donors (Lipinski definition) is 2. The van der Waals surface area contributed by atoms with Crippen LogP contribution in [0.1, 0.15) is 5.56 Å². The maximum absolute atomic E-state index is 5.82. The number of hydrazone groups is 1. The Labute approximate surface area is 123 Å². The van der Waals surface area contributed by atoms with Gasteiger partial charge < -0.3 is 0 Å². The van der Waals surface area contributed by atoms with E-state index in [1.54, 1.807) is 24.5 Å². The molecule has 2 N–H and O–H groups in total. The molecule has 0 saturated heterocycles. The summed E-state index contributed by atoms with van der Waals surface area (Å²) in [6.45, 7) is 0. The highest BCUT2D eigenvalue weighted by atomic mass is 35.5. The number of hydrogen-bond acceptors (Lipinski definition) is 5. The summed E-state index contributed by atoms with van der Waals surface area (Å²) in [6, 6.07) is 7.29. The van der Waals surface area contributed by atoms with Gasteiger partial charge in [-0.1, -0.05) is 23.7 Å². The molecule has 3 aromatic rings. The van der Waals surface area contributed by atoms with Crippen LogP contribution in [0.5, 0.6) is 0 Å². The van der Waals surface area contributed by atoms with Crippen LogP contribution in [0.2, 0.25) is 10.3 Å². The van der Waals surface area contributed by atoms with Crippen LogP contribution in [0.15, 0.2) is 35.6 Å². The number of nitrogens with zero attached hydrogens (tertiary/aromatic N) is 4. The molecule has 0 fully saturated rings. The zero-order chi connectivity index (χ0) is 13.9. The van der Waals surface area contributed by atoms with Crippen molar-refractivity contribution in [1.82, 2.24) is 20.2 Å². The number of aromatic nitrogens is 4. The number of rotatable bonds is 3. The largest absolute Gasteiger partial charge is 0.261 e. The van der Waals surface area contributed by atoms with Gasteiger partial charge in [0.15, 0.2) is 11.5 Å². The van der Waals surface area contributed by atoms with E-state index >= 15 is 0 Å². The molecule has 6 nitrogen and oxygen atoms in total. The molecule has 0 bridgehead atoms. The predicted molar refractivity (Wildman–Crippen MR) is 79.4 cm³/mol. The Hall–Kier alpha value is -2.18. The molecule has 0 saturated carbocycles. The highest BCUT2D eigenvalue weighted by Gasteiger charge is 2.07. The number of halogens is 2. The quantitative estimate of drug-likeness (QED) is 0.443. The van der Waals surface area contributed by atoms with Gasteiger partial charge in [-0.25, -0.2) is 0 Å². The van der Waals surface area contributed by atoms with Crippen LogP contribution in [0, 0.1) is 0 Å². The molecule has 0 radical (unpaired) electrons. The van der Waals surface area contributed by atoms with Gasteiger partial charge in [-0.3, -0.25) is 10.5 Å². The Kier molecular flexibility index (Phi) is 3.49. The van der Waals surface area contributed by atoms with Gasteiger partial charge in [0.2, 0.25) is 5.28 Å². The van der Waals surface area contributed by atoms with Crippen LogP contribution in [0.4, 0.5) is 5.82 Å². The Morgan fingerprint density at radius 1 is 1.15 bits per heavy atom. The van der Waals surface area contributed by atoms with Crippen molar-refractivity contribution in [3.8, 4) is 0 Å². The molecule has 0 aliphatic carbocycles. The third kappa shape index (κ3) is 2.71. The number of H-pyrrole nitrogens is 1. The number of fused-ring (bicyclic) bond motifs is 1. The van der Waals surface area contributed by atoms with Gasteiger partial charge in [0.1, 0.15) is 0 Å². The minimum absolute atomic E-state index is 0.117. The standard InChI is InChI=1S/C12H8Cl2N6/c13-8-3-1-7(2-4-8)5-15-19-10-9-6-16-20-11(9)18-12(14)17-10/h1-6H,(H2,16,17,18,19,20)/b15-5+. The third-order valence-corrected chi connectivity index (χ3v) is 2.96. The summed E-state index contributed by atoms with van der Waals surface area (Å²) in [5, 5.41) is 12.2. The van der Waals surface area contributed by atoms with Gasteiger partial charge in [-0.05, 0) is 29.3 Å². The smallest absolute Gasteiger partial charge is 0.226 e. The highest BCUT2D eigenvalue weighted by molar-refractivity contribution is 6.30. The summed E-state index contributed by atoms with van der Waals surface area (Å²) in [7, 11) is 0. The Balaban J connectivity index is 1.83. The second kappa shape index (κ2) is 5.44. The van der Waals surface area contributed by atoms with Crippen molar-refractivity contribution in [1.29, 1.82) is 0 Å². The van der Waals surface area contributed by atoms with Gasteiger partial charge in [0.25, 0.3) is 0 Å². The summed E-state index contributed by atoms with van der Waals surface area (Å²) in [5.74, 6) is 0.485. The molecule has 0 aliphatic rings. The van der Waals surface area contributed by atoms with E-state index in [1.165, 1.54) is 0 Å². The van der Waals surface area contributed by atoms with Crippen molar-refractivity contribution in [3.05, 3.63) is 46.3 Å². The molecular formula is C12H8Cl2N6. The van der Waals surface area contributed by atoms with Crippen LogP contribution in [-0.4, -0.2) is 26.4 Å². The SMILES string of the molecule is Clc1ccc(/C=N/Nc2nc(Cl)nc3[nH]ncc23)cc1. The van der Waals surface area contributed by atoms with Crippen molar-refractivity contribution < 1.29 is 0 Å². The molecule has 0 unspecified atom stereocenters. The molecule has 3 rings (SSSR count). The maximum atomic E-state index is 5.82. The fourth-order valence-corrected chi connectivity index (χ4v) is 1.90. The summed E-state index contributed by atoms with van der Waals surface area (Å²) in [5.41, 5.74) is 4.28. The topological polar surface area (TPSA) is 78.9 Å². The Morgan fingerprint density at radius 3 is 2.75 bits per heavy atom. The maximum Gasteiger partial charge on any atom is 0.226 e. The average Bonchev–Trinajstić information content (AvgIpc) is 2.89. The minimum atomic E-state index is 0.117. The van der Waals surface area contributed by atoms with Gasteiger partial charge in [-0.15, -0.1) is 0 Å². The molecule has 0 spiro atoms. The van der Waals surface area contributed by atoms with Crippen molar-refractivity contribution in [2.24, 2.45) is 5.10 Å². The van der Waals surface area contributed by atoms with E-state index in [9.17, 15) is 0 Å². The molecule has 2 aromatic heterocycles. The molecule has 2 heterocycles. The van der Waals surface area contributed by atoms with Gasteiger partial charge >= 0.3 is 0 Å². The molecule has 0 aliphatic heterocycles. The zero-order valence-electron chi connectivity index (χ0n) is 10.0. The first kappa shape index (κ1) is 12.8. The normalized spacial score (nSPS) is 11.3. The van der Waals surface area contributed by atoms with Gasteiger partial charge in [-0.2, -0.15) is 20.2 Å². The van der Waals surface area contributed by atoms with Crippen molar-refractivity contribution in [3.63, 3.8) is 0 Å². The lowest BCUT2D eigenvalue weighted by molar-refractivity contribution is 1.09. The first-order valence-corrected chi connectivity index (χ1v) is 6.39. The lowest BCUT2D eigenvalue weighted by atomic mass is 10.2. The Bertz CT molecular complexity index is 765. The summed E-state index contributed by atoms with van der Waals surface area (Å²) in [6.07, 6.45) is 3.25. The minimum Gasteiger partial charge on any atom is -0.261 e. The number of aromatic amines is 1. The number of anilines is 1. The molecule has 0 amide bonds. The molecule has 1 aromatic carbocycles. The van der Waals surface area contributed by atoms with Crippen LogP contribution in [0.25, 0.3) is 11.0 Å². The van der Waals surface area contributed by atoms with Crippen LogP contribution < -0.4 is 5.43 Å². The van der Waals surface area contributed by atoms with E-state index in [4.69, 9.17) is 23.2 Å². The van der Waals surface area contributed by atoms with Gasteiger partial charge in [0, 0.05) is 5.02 Å². The first-order valence-electron chi connectivity index (χ1n) is 5.63. The van der Waals surface area contributed by atoms with Crippen LogP contribution >= 0.6 is 23.2 Å². The summed E-state index contributed by atoms with van der Waals surface area (Å²) in [4.78, 5) is 8.07. The lowest BCUT2D eigenvalue weighted by Gasteiger charge is -2.01. The van der Waals surface area contributed by atoms with Gasteiger partial charge in [0.05, 0.1) is 17.8 Å². The fraction of sp³-hybridized carbons (Fsp3) is 0. The van der Waals surface area contributed by atoms with Crippen LogP contribution in [0.3, 0.4) is 0 Å². The number of benzene rings is 1. The first-order chi connectivity index (χ1) is 9.72. The van der Waals surface area contributed by atoms with E-state index in [1.807, 2.05) is 12.1 Å². The zero-order valence-corrected chi connectivity index (χ0v) is 11.5. The van der Waals surface area contributed by atoms with E-state index in [2.05, 4.69) is 30.7 Å². The predicted octanol–water partition coefficient (Wildman–Crippen LogP) is 3.11. The second-order valence-corrected chi connectivity index (χ2v) is 4.67. The second-order valence-electron chi connectivity index (χ2n) is 3.90. The molecular weight excluding hydrogens is 299 g/mol. The monoisotopic (exact) mass is 306 g/mol. The average molecular weight is 307 g/mol. The third-order valence-electron chi connectivity index (χ3n) is 2.54. The molecule has 8 heteroatoms. The van der Waals surface area contributed by atoms with Crippen molar-refractivity contribution in [2.45, 2.75) is 0 Å². The van der Waals surface area contributed by atoms with E-state index < -0.39 is 0 Å². The van der Waals surface area contributed by atoms with E-state index in [0.29, 0.717) is 21.9 Å². The lowest BCUT2D eigenvalue weighted by Crippen LogP contribution is -1.96. The van der Waals surface area contributed by atoms with E-state index in [-0.39, 0.29) is 5.28 Å². The molecule has 0 atom stereocenters. The summed E-state index contributed by atoms with van der Waals surface area (Å²) >= 11 is 11.6. The van der Waals surface area contributed by atoms with E-state index in [0.717, 1.165) is 5.56 Å². The van der Waals surface area contributed by atoms with Crippen molar-refractivity contribution in [2.75, 3.05) is 5.43 Å². The fourth-order valence-electron chi connectivity index (χ4n) is 1.61. The Morgan fingerprint density at radius 2 is 1.95 bits per heavy atom.